The summed E-state index contributed by atoms with van der Waals surface area (Å²) < 4.78 is 4.74. The highest BCUT2D eigenvalue weighted by Gasteiger charge is 2.33. The van der Waals surface area contributed by atoms with Crippen LogP contribution >= 0.6 is 0 Å². The van der Waals surface area contributed by atoms with Crippen molar-refractivity contribution in [1.82, 2.24) is 9.13 Å². The van der Waals surface area contributed by atoms with Gasteiger partial charge in [0.1, 0.15) is 8.07 Å². The average molecular weight is 491 g/mol. The van der Waals surface area contributed by atoms with Crippen LogP contribution in [0.1, 0.15) is 41.5 Å². The van der Waals surface area contributed by atoms with E-state index in [0.717, 1.165) is 0 Å². The highest BCUT2D eigenvalue weighted by molar-refractivity contribution is 6.93. The van der Waals surface area contributed by atoms with Crippen LogP contribution in [-0.4, -0.2) is 25.3 Å². The SMILES string of the molecule is CC[Si](CC)(CC)c1cc2ccccc2n1C.CC[Si](CC)(CC)c1cn(C)c2ccccc12. The van der Waals surface area contributed by atoms with Crippen molar-refractivity contribution in [3.05, 3.63) is 60.8 Å². The van der Waals surface area contributed by atoms with Crippen molar-refractivity contribution in [2.24, 2.45) is 14.1 Å². The Balaban J connectivity index is 0.000000191. The van der Waals surface area contributed by atoms with Gasteiger partial charge >= 0.3 is 0 Å². The second kappa shape index (κ2) is 11.1. The molecule has 2 nitrogen and oxygen atoms in total. The Bertz CT molecular complexity index is 1190. The molecule has 4 heteroatoms. The van der Waals surface area contributed by atoms with Crippen LogP contribution in [0.2, 0.25) is 36.3 Å². The minimum Gasteiger partial charge on any atom is -0.352 e. The van der Waals surface area contributed by atoms with Gasteiger partial charge in [-0.3, -0.25) is 0 Å². The first kappa shape index (κ1) is 26.6. The van der Waals surface area contributed by atoms with Crippen molar-refractivity contribution in [1.29, 1.82) is 0 Å². The van der Waals surface area contributed by atoms with Crippen LogP contribution in [0.25, 0.3) is 21.8 Å². The molecule has 0 aliphatic carbocycles. The third-order valence-corrected chi connectivity index (χ3v) is 20.3. The van der Waals surface area contributed by atoms with E-state index in [9.17, 15) is 0 Å². The lowest BCUT2D eigenvalue weighted by molar-refractivity contribution is 0.970. The van der Waals surface area contributed by atoms with Gasteiger partial charge in [0, 0.05) is 36.6 Å². The molecule has 0 atom stereocenters. The van der Waals surface area contributed by atoms with Gasteiger partial charge in [0.2, 0.25) is 0 Å². The fraction of sp³-hybridized carbons (Fsp3) is 0.467. The Morgan fingerprint density at radius 3 is 1.65 bits per heavy atom. The molecule has 0 aliphatic heterocycles. The molecule has 2 aromatic heterocycles. The van der Waals surface area contributed by atoms with E-state index < -0.39 is 16.1 Å². The predicted molar refractivity (Wildman–Crippen MR) is 159 cm³/mol. The van der Waals surface area contributed by atoms with Crippen LogP contribution in [-0.2, 0) is 14.1 Å². The molecule has 0 saturated carbocycles. The monoisotopic (exact) mass is 490 g/mol. The first-order valence-electron chi connectivity index (χ1n) is 13.5. The van der Waals surface area contributed by atoms with Gasteiger partial charge in [-0.2, -0.15) is 0 Å². The molecular formula is C30H46N2Si2. The first-order valence-corrected chi connectivity index (χ1v) is 18.7. The summed E-state index contributed by atoms with van der Waals surface area (Å²) in [5.41, 5.74) is 2.77. The number of aromatic nitrogens is 2. The maximum atomic E-state index is 2.44. The zero-order valence-electron chi connectivity index (χ0n) is 22.9. The minimum absolute atomic E-state index is 1.26. The van der Waals surface area contributed by atoms with Crippen LogP contribution in [0.15, 0.2) is 60.8 Å². The summed E-state index contributed by atoms with van der Waals surface area (Å²) >= 11 is 0. The smallest absolute Gasteiger partial charge is 0.107 e. The molecule has 0 unspecified atom stereocenters. The van der Waals surface area contributed by atoms with E-state index in [1.165, 1.54) is 58.1 Å². The molecule has 0 radical (unpaired) electrons. The van der Waals surface area contributed by atoms with Crippen molar-refractivity contribution >= 4 is 48.5 Å². The summed E-state index contributed by atoms with van der Waals surface area (Å²) in [4.78, 5) is 0. The summed E-state index contributed by atoms with van der Waals surface area (Å²) in [5.74, 6) is 0. The van der Waals surface area contributed by atoms with Crippen molar-refractivity contribution in [2.45, 2.75) is 77.8 Å². The van der Waals surface area contributed by atoms with E-state index in [0.29, 0.717) is 0 Å². The van der Waals surface area contributed by atoms with Crippen molar-refractivity contribution in [2.75, 3.05) is 0 Å². The predicted octanol–water partition coefficient (Wildman–Crippen LogP) is 7.79. The van der Waals surface area contributed by atoms with Crippen LogP contribution < -0.4 is 10.5 Å². The molecule has 4 rings (SSSR count). The van der Waals surface area contributed by atoms with E-state index in [4.69, 9.17) is 0 Å². The van der Waals surface area contributed by atoms with Gasteiger partial charge in [0.15, 0.2) is 0 Å². The van der Waals surface area contributed by atoms with Gasteiger partial charge in [-0.25, -0.2) is 0 Å². The summed E-state index contributed by atoms with van der Waals surface area (Å²) in [6, 6.07) is 28.2. The molecule has 0 saturated heterocycles. The molecule has 0 N–H and O–H groups in total. The fourth-order valence-corrected chi connectivity index (χ4v) is 14.0. The zero-order valence-corrected chi connectivity index (χ0v) is 24.9. The van der Waals surface area contributed by atoms with Crippen LogP contribution in [0.4, 0.5) is 0 Å². The molecule has 0 aliphatic rings. The first-order chi connectivity index (χ1) is 16.4. The molecular weight excluding hydrogens is 445 g/mol. The van der Waals surface area contributed by atoms with E-state index in [-0.39, 0.29) is 0 Å². The topological polar surface area (TPSA) is 9.86 Å². The number of nitrogens with zero attached hydrogens (tertiary/aromatic N) is 2. The zero-order chi connectivity index (χ0) is 24.9. The molecule has 0 fully saturated rings. The number of rotatable bonds is 8. The fourth-order valence-electron chi connectivity index (χ4n) is 6.18. The Morgan fingerprint density at radius 2 is 1.12 bits per heavy atom. The van der Waals surface area contributed by atoms with Crippen molar-refractivity contribution in [3.63, 3.8) is 0 Å². The third kappa shape index (κ3) is 4.59. The molecule has 34 heavy (non-hydrogen) atoms. The molecule has 2 heterocycles. The normalized spacial score (nSPS) is 12.2. The van der Waals surface area contributed by atoms with E-state index in [1.54, 1.807) is 10.5 Å². The van der Waals surface area contributed by atoms with E-state index in [2.05, 4.69) is 126 Å². The Kier molecular flexibility index (Phi) is 8.69. The standard InChI is InChI=1S/2C15H23NSi/c1-5-17(6-2,7-3)15-12-16(4)14-11-9-8-10-13(14)15;1-5-17(6-2,7-3)15-12-13-10-8-9-11-14(13)16(15)4/h2*8-12H,5-7H2,1-4H3. The molecule has 184 valence electrons. The average Bonchev–Trinajstić information content (AvgIpc) is 3.41. The highest BCUT2D eigenvalue weighted by Crippen LogP contribution is 2.26. The number of hydrogen-bond acceptors (Lipinski definition) is 0. The molecule has 4 aromatic rings. The summed E-state index contributed by atoms with van der Waals surface area (Å²) in [6.07, 6.45) is 2.40. The minimum atomic E-state index is -1.26. The second-order valence-electron chi connectivity index (χ2n) is 10.0. The van der Waals surface area contributed by atoms with Gasteiger partial charge in [-0.1, -0.05) is 114 Å². The van der Waals surface area contributed by atoms with Crippen molar-refractivity contribution in [3.8, 4) is 0 Å². The van der Waals surface area contributed by atoms with Crippen molar-refractivity contribution < 1.29 is 0 Å². The largest absolute Gasteiger partial charge is 0.352 e. The number of para-hydroxylation sites is 2. The Morgan fingerprint density at radius 1 is 0.618 bits per heavy atom. The van der Waals surface area contributed by atoms with Gasteiger partial charge in [-0.05, 0) is 34.2 Å². The molecule has 0 bridgehead atoms. The Hall–Kier alpha value is -2.05. The number of hydrogen-bond donors (Lipinski definition) is 0. The lowest BCUT2D eigenvalue weighted by atomic mass is 10.2. The summed E-state index contributed by atoms with van der Waals surface area (Å²) in [6.45, 7) is 14.2. The van der Waals surface area contributed by atoms with E-state index in [1.807, 2.05) is 0 Å². The number of fused-ring (bicyclic) bond motifs is 2. The Labute approximate surface area is 210 Å². The van der Waals surface area contributed by atoms with Crippen LogP contribution in [0.3, 0.4) is 0 Å². The van der Waals surface area contributed by atoms with Gasteiger partial charge < -0.3 is 9.13 Å². The van der Waals surface area contributed by atoms with Crippen LogP contribution in [0, 0.1) is 0 Å². The van der Waals surface area contributed by atoms with Gasteiger partial charge in [0.05, 0.1) is 8.07 Å². The maximum Gasteiger partial charge on any atom is 0.107 e. The molecule has 0 amide bonds. The lowest BCUT2D eigenvalue weighted by Crippen LogP contribution is -2.48. The number of aryl methyl sites for hydroxylation is 2. The summed E-state index contributed by atoms with van der Waals surface area (Å²) in [7, 11) is 1.89. The summed E-state index contributed by atoms with van der Waals surface area (Å²) in [5, 5.41) is 6.19. The quantitative estimate of drug-likeness (QED) is 0.223. The number of benzene rings is 2. The molecule has 2 aromatic carbocycles. The molecule has 0 spiro atoms. The highest BCUT2D eigenvalue weighted by atomic mass is 28.3. The van der Waals surface area contributed by atoms with Crippen LogP contribution in [0.5, 0.6) is 0 Å². The maximum absolute atomic E-state index is 2.44. The van der Waals surface area contributed by atoms with Gasteiger partial charge in [-0.15, -0.1) is 0 Å². The van der Waals surface area contributed by atoms with Gasteiger partial charge in [0.25, 0.3) is 0 Å². The lowest BCUT2D eigenvalue weighted by Gasteiger charge is -2.28. The van der Waals surface area contributed by atoms with E-state index >= 15 is 0 Å². The second-order valence-corrected chi connectivity index (χ2v) is 20.4. The third-order valence-electron chi connectivity index (χ3n) is 9.02.